The van der Waals surface area contributed by atoms with Gasteiger partial charge >= 0.3 is 0 Å². The minimum absolute atomic E-state index is 0.0442. The Morgan fingerprint density at radius 1 is 1.44 bits per heavy atom. The van der Waals surface area contributed by atoms with E-state index in [1.807, 2.05) is 0 Å². The standard InChI is InChI=1S/C12H19BrN2O/c1-3-4-16-8-12(15-14)10-5-9(2)6-11(13)7-10/h5-7,12,15H,3-4,8,14H2,1-2H3. The first kappa shape index (κ1) is 13.6. The van der Waals surface area contributed by atoms with E-state index in [4.69, 9.17) is 10.6 Å². The highest BCUT2D eigenvalue weighted by Crippen LogP contribution is 2.20. The second kappa shape index (κ2) is 7.01. The van der Waals surface area contributed by atoms with Crippen LogP contribution in [0.25, 0.3) is 0 Å². The first-order chi connectivity index (χ1) is 7.67. The molecule has 3 nitrogen and oxygen atoms in total. The molecule has 90 valence electrons. The van der Waals surface area contributed by atoms with E-state index in [9.17, 15) is 0 Å². The van der Waals surface area contributed by atoms with Crippen molar-refractivity contribution >= 4 is 15.9 Å². The van der Waals surface area contributed by atoms with Crippen molar-refractivity contribution in [2.75, 3.05) is 13.2 Å². The number of rotatable bonds is 6. The van der Waals surface area contributed by atoms with Crippen LogP contribution in [0.5, 0.6) is 0 Å². The highest BCUT2D eigenvalue weighted by Gasteiger charge is 2.10. The molecule has 0 saturated carbocycles. The average Bonchev–Trinajstić information content (AvgIpc) is 2.23. The Morgan fingerprint density at radius 3 is 2.75 bits per heavy atom. The van der Waals surface area contributed by atoms with E-state index in [0.717, 1.165) is 23.1 Å². The minimum atomic E-state index is 0.0442. The molecule has 0 aliphatic rings. The molecule has 0 fully saturated rings. The fourth-order valence-electron chi connectivity index (χ4n) is 1.55. The summed E-state index contributed by atoms with van der Waals surface area (Å²) < 4.78 is 6.58. The Labute approximate surface area is 105 Å². The number of aryl methyl sites for hydroxylation is 1. The van der Waals surface area contributed by atoms with E-state index in [-0.39, 0.29) is 6.04 Å². The normalized spacial score (nSPS) is 12.8. The Balaban J connectivity index is 2.70. The molecule has 0 spiro atoms. The number of halogens is 1. The first-order valence-electron chi connectivity index (χ1n) is 5.48. The smallest absolute Gasteiger partial charge is 0.0694 e. The van der Waals surface area contributed by atoms with E-state index in [1.54, 1.807) is 0 Å². The molecule has 1 aromatic carbocycles. The van der Waals surface area contributed by atoms with Crippen LogP contribution in [-0.2, 0) is 4.74 Å². The third-order valence-corrected chi connectivity index (χ3v) is 2.76. The quantitative estimate of drug-likeness (QED) is 0.480. The van der Waals surface area contributed by atoms with Gasteiger partial charge in [-0.05, 0) is 36.6 Å². The summed E-state index contributed by atoms with van der Waals surface area (Å²) in [6, 6.07) is 6.30. The number of nitrogens with two attached hydrogens (primary N) is 1. The van der Waals surface area contributed by atoms with Crippen LogP contribution in [-0.4, -0.2) is 13.2 Å². The summed E-state index contributed by atoms with van der Waals surface area (Å²) in [5, 5.41) is 0. The SMILES string of the molecule is CCCOCC(NN)c1cc(C)cc(Br)c1. The van der Waals surface area contributed by atoms with Crippen LogP contribution in [0.3, 0.4) is 0 Å². The molecule has 1 aromatic rings. The van der Waals surface area contributed by atoms with Gasteiger partial charge in [0.2, 0.25) is 0 Å². The summed E-state index contributed by atoms with van der Waals surface area (Å²) in [6.07, 6.45) is 1.02. The second-order valence-corrected chi connectivity index (χ2v) is 4.77. The van der Waals surface area contributed by atoms with Crippen molar-refractivity contribution in [3.8, 4) is 0 Å². The lowest BCUT2D eigenvalue weighted by Crippen LogP contribution is -2.31. The molecule has 0 bridgehead atoms. The van der Waals surface area contributed by atoms with Gasteiger partial charge in [-0.25, -0.2) is 0 Å². The zero-order chi connectivity index (χ0) is 12.0. The van der Waals surface area contributed by atoms with E-state index < -0.39 is 0 Å². The molecule has 0 aliphatic carbocycles. The predicted octanol–water partition coefficient (Wildman–Crippen LogP) is 2.69. The topological polar surface area (TPSA) is 47.3 Å². The maximum absolute atomic E-state index is 5.54. The van der Waals surface area contributed by atoms with Crippen molar-refractivity contribution in [3.63, 3.8) is 0 Å². The molecular formula is C12H19BrN2O. The zero-order valence-electron chi connectivity index (χ0n) is 9.79. The summed E-state index contributed by atoms with van der Waals surface area (Å²) in [7, 11) is 0. The average molecular weight is 287 g/mol. The summed E-state index contributed by atoms with van der Waals surface area (Å²) in [5.41, 5.74) is 5.14. The second-order valence-electron chi connectivity index (χ2n) is 3.86. The zero-order valence-corrected chi connectivity index (χ0v) is 11.4. The lowest BCUT2D eigenvalue weighted by molar-refractivity contribution is 0.112. The fraction of sp³-hybridized carbons (Fsp3) is 0.500. The van der Waals surface area contributed by atoms with Crippen LogP contribution < -0.4 is 11.3 Å². The highest BCUT2D eigenvalue weighted by atomic mass is 79.9. The van der Waals surface area contributed by atoms with Gasteiger partial charge in [0.25, 0.3) is 0 Å². The van der Waals surface area contributed by atoms with Gasteiger partial charge in [-0.2, -0.15) is 0 Å². The molecule has 1 atom stereocenters. The Morgan fingerprint density at radius 2 is 2.19 bits per heavy atom. The Bertz CT molecular complexity index is 311. The van der Waals surface area contributed by atoms with Gasteiger partial charge in [0.1, 0.15) is 0 Å². The maximum atomic E-state index is 5.54. The molecular weight excluding hydrogens is 268 g/mol. The van der Waals surface area contributed by atoms with Crippen molar-refractivity contribution in [1.82, 2.24) is 5.43 Å². The summed E-state index contributed by atoms with van der Waals surface area (Å²) in [5.74, 6) is 5.54. The van der Waals surface area contributed by atoms with E-state index in [2.05, 4.69) is 53.4 Å². The highest BCUT2D eigenvalue weighted by molar-refractivity contribution is 9.10. The van der Waals surface area contributed by atoms with Gasteiger partial charge in [-0.1, -0.05) is 28.9 Å². The molecule has 1 unspecified atom stereocenters. The maximum Gasteiger partial charge on any atom is 0.0694 e. The van der Waals surface area contributed by atoms with Gasteiger partial charge in [-0.3, -0.25) is 11.3 Å². The molecule has 0 aromatic heterocycles. The predicted molar refractivity (Wildman–Crippen MR) is 70.1 cm³/mol. The first-order valence-corrected chi connectivity index (χ1v) is 6.27. The molecule has 1 rings (SSSR count). The van der Waals surface area contributed by atoms with Gasteiger partial charge in [0, 0.05) is 11.1 Å². The molecule has 0 aliphatic heterocycles. The molecule has 0 heterocycles. The van der Waals surface area contributed by atoms with E-state index in [0.29, 0.717) is 6.61 Å². The Hall–Kier alpha value is -0.420. The molecule has 0 saturated heterocycles. The fourth-order valence-corrected chi connectivity index (χ4v) is 2.18. The van der Waals surface area contributed by atoms with Gasteiger partial charge in [0.05, 0.1) is 12.6 Å². The van der Waals surface area contributed by atoms with Gasteiger partial charge < -0.3 is 4.74 Å². The van der Waals surface area contributed by atoms with Crippen molar-refractivity contribution in [2.24, 2.45) is 5.84 Å². The Kier molecular flexibility index (Phi) is 5.98. The monoisotopic (exact) mass is 286 g/mol. The van der Waals surface area contributed by atoms with Crippen molar-refractivity contribution < 1.29 is 4.74 Å². The lowest BCUT2D eigenvalue weighted by Gasteiger charge is -2.17. The van der Waals surface area contributed by atoms with E-state index in [1.165, 1.54) is 5.56 Å². The number of nitrogens with one attached hydrogen (secondary N) is 1. The van der Waals surface area contributed by atoms with E-state index >= 15 is 0 Å². The van der Waals surface area contributed by atoms with Crippen LogP contribution in [0.2, 0.25) is 0 Å². The van der Waals surface area contributed by atoms with Crippen molar-refractivity contribution in [2.45, 2.75) is 26.3 Å². The van der Waals surface area contributed by atoms with Crippen molar-refractivity contribution in [3.05, 3.63) is 33.8 Å². The van der Waals surface area contributed by atoms with Gasteiger partial charge in [-0.15, -0.1) is 0 Å². The summed E-state index contributed by atoms with van der Waals surface area (Å²) in [6.45, 7) is 5.52. The van der Waals surface area contributed by atoms with Crippen molar-refractivity contribution in [1.29, 1.82) is 0 Å². The number of benzene rings is 1. The number of hydrogen-bond acceptors (Lipinski definition) is 3. The van der Waals surface area contributed by atoms with Crippen LogP contribution >= 0.6 is 15.9 Å². The third-order valence-electron chi connectivity index (χ3n) is 2.30. The molecule has 0 radical (unpaired) electrons. The minimum Gasteiger partial charge on any atom is -0.379 e. The van der Waals surface area contributed by atoms with Crippen LogP contribution in [0.1, 0.15) is 30.5 Å². The summed E-state index contributed by atoms with van der Waals surface area (Å²) >= 11 is 3.48. The number of hydrogen-bond donors (Lipinski definition) is 2. The summed E-state index contributed by atoms with van der Waals surface area (Å²) in [4.78, 5) is 0. The molecule has 0 amide bonds. The van der Waals surface area contributed by atoms with Crippen LogP contribution in [0.15, 0.2) is 22.7 Å². The number of ether oxygens (including phenoxy) is 1. The lowest BCUT2D eigenvalue weighted by atomic mass is 10.1. The van der Waals surface area contributed by atoms with Crippen LogP contribution in [0.4, 0.5) is 0 Å². The third kappa shape index (κ3) is 4.22. The largest absolute Gasteiger partial charge is 0.379 e. The van der Waals surface area contributed by atoms with Crippen LogP contribution in [0, 0.1) is 6.92 Å². The number of hydrazine groups is 1. The molecule has 4 heteroatoms. The molecule has 16 heavy (non-hydrogen) atoms. The molecule has 3 N–H and O–H groups in total. The van der Waals surface area contributed by atoms with Gasteiger partial charge in [0.15, 0.2) is 0 Å².